The molecule has 13 heavy (non-hydrogen) atoms. The topological polar surface area (TPSA) is 21.3 Å². The summed E-state index contributed by atoms with van der Waals surface area (Å²) in [5, 5.41) is 5.40. The first kappa shape index (κ1) is 10.7. The Hall–Kier alpha value is -0.380. The van der Waals surface area contributed by atoms with Crippen LogP contribution in [0.3, 0.4) is 0 Å². The highest BCUT2D eigenvalue weighted by Crippen LogP contribution is 2.25. The maximum absolute atomic E-state index is 5.32. The second-order valence-corrected chi connectivity index (χ2v) is 4.26. The first-order valence-electron chi connectivity index (χ1n) is 4.44. The molecule has 3 heteroatoms. The van der Waals surface area contributed by atoms with E-state index in [9.17, 15) is 0 Å². The predicted octanol–water partition coefficient (Wildman–Crippen LogP) is 2.35. The molecule has 0 aromatic carbocycles. The van der Waals surface area contributed by atoms with Crippen molar-refractivity contribution in [2.75, 3.05) is 14.2 Å². The maximum Gasteiger partial charge on any atom is 0.0738 e. The van der Waals surface area contributed by atoms with Crippen LogP contribution in [0.2, 0.25) is 0 Å². The van der Waals surface area contributed by atoms with Crippen molar-refractivity contribution in [3.05, 3.63) is 21.9 Å². The second-order valence-electron chi connectivity index (χ2n) is 3.14. The van der Waals surface area contributed by atoms with Gasteiger partial charge >= 0.3 is 0 Å². The molecule has 74 valence electrons. The number of rotatable bonds is 4. The molecule has 1 rings (SSSR count). The number of hydrogen-bond acceptors (Lipinski definition) is 3. The van der Waals surface area contributed by atoms with Crippen LogP contribution in [0.4, 0.5) is 0 Å². The van der Waals surface area contributed by atoms with Gasteiger partial charge in [-0.15, -0.1) is 11.3 Å². The Labute approximate surface area is 83.9 Å². The normalized spacial score (nSPS) is 15.7. The number of methoxy groups -OCH3 is 1. The monoisotopic (exact) mass is 199 g/mol. The van der Waals surface area contributed by atoms with Crippen LogP contribution in [-0.4, -0.2) is 20.3 Å². The van der Waals surface area contributed by atoms with E-state index in [-0.39, 0.29) is 6.10 Å². The minimum atomic E-state index is 0.207. The van der Waals surface area contributed by atoms with E-state index < -0.39 is 0 Å². The van der Waals surface area contributed by atoms with Crippen molar-refractivity contribution in [1.29, 1.82) is 0 Å². The molecule has 0 aliphatic carbocycles. The van der Waals surface area contributed by atoms with Crippen LogP contribution >= 0.6 is 11.3 Å². The van der Waals surface area contributed by atoms with Gasteiger partial charge in [-0.25, -0.2) is 0 Å². The van der Waals surface area contributed by atoms with Crippen molar-refractivity contribution in [2.45, 2.75) is 26.0 Å². The molecule has 2 nitrogen and oxygen atoms in total. The fourth-order valence-electron chi connectivity index (χ4n) is 1.50. The molecule has 2 unspecified atom stereocenters. The number of ether oxygens (including phenoxy) is 1. The molecular weight excluding hydrogens is 182 g/mol. The summed E-state index contributed by atoms with van der Waals surface area (Å²) < 4.78 is 5.32. The SMILES string of the molecule is CNC(c1ccsc1C)C(C)OC. The summed E-state index contributed by atoms with van der Waals surface area (Å²) in [6.45, 7) is 4.23. The van der Waals surface area contributed by atoms with Gasteiger partial charge in [0.2, 0.25) is 0 Å². The molecule has 2 atom stereocenters. The average Bonchev–Trinajstić information content (AvgIpc) is 2.53. The maximum atomic E-state index is 5.32. The van der Waals surface area contributed by atoms with E-state index in [1.165, 1.54) is 10.4 Å². The van der Waals surface area contributed by atoms with Gasteiger partial charge in [0.05, 0.1) is 12.1 Å². The van der Waals surface area contributed by atoms with E-state index in [2.05, 4.69) is 30.6 Å². The molecule has 0 bridgehead atoms. The lowest BCUT2D eigenvalue weighted by Gasteiger charge is -2.22. The zero-order chi connectivity index (χ0) is 9.84. The van der Waals surface area contributed by atoms with Crippen molar-refractivity contribution in [1.82, 2.24) is 5.32 Å². The summed E-state index contributed by atoms with van der Waals surface area (Å²) in [7, 11) is 3.72. The van der Waals surface area contributed by atoms with Crippen molar-refractivity contribution in [3.63, 3.8) is 0 Å². The zero-order valence-electron chi connectivity index (χ0n) is 8.63. The fraction of sp³-hybridized carbons (Fsp3) is 0.600. The molecule has 0 saturated carbocycles. The highest BCUT2D eigenvalue weighted by molar-refractivity contribution is 7.10. The Balaban J connectivity index is 2.84. The van der Waals surface area contributed by atoms with E-state index in [1.807, 2.05) is 7.05 Å². The number of aryl methyl sites for hydroxylation is 1. The van der Waals surface area contributed by atoms with Crippen molar-refractivity contribution < 1.29 is 4.74 Å². The number of thiophene rings is 1. The Bertz CT molecular complexity index is 259. The first-order valence-corrected chi connectivity index (χ1v) is 5.32. The third-order valence-corrected chi connectivity index (χ3v) is 3.25. The molecule has 0 aliphatic rings. The largest absolute Gasteiger partial charge is 0.380 e. The average molecular weight is 199 g/mol. The molecular formula is C10H17NOS. The summed E-state index contributed by atoms with van der Waals surface area (Å²) >= 11 is 1.78. The molecule has 0 saturated heterocycles. The minimum Gasteiger partial charge on any atom is -0.380 e. The van der Waals surface area contributed by atoms with Crippen LogP contribution < -0.4 is 5.32 Å². The van der Waals surface area contributed by atoms with E-state index >= 15 is 0 Å². The molecule has 0 aliphatic heterocycles. The molecule has 0 radical (unpaired) electrons. The first-order chi connectivity index (χ1) is 6.20. The summed E-state index contributed by atoms with van der Waals surface area (Å²) in [4.78, 5) is 1.36. The van der Waals surface area contributed by atoms with Crippen LogP contribution in [0.5, 0.6) is 0 Å². The van der Waals surface area contributed by atoms with Gasteiger partial charge in [0, 0.05) is 12.0 Å². The van der Waals surface area contributed by atoms with Crippen LogP contribution in [0.15, 0.2) is 11.4 Å². The smallest absolute Gasteiger partial charge is 0.0738 e. The lowest BCUT2D eigenvalue weighted by Crippen LogP contribution is -2.28. The fourth-order valence-corrected chi connectivity index (χ4v) is 2.25. The zero-order valence-corrected chi connectivity index (χ0v) is 9.44. The molecule has 1 aromatic rings. The Morgan fingerprint density at radius 2 is 2.23 bits per heavy atom. The Morgan fingerprint density at radius 1 is 1.54 bits per heavy atom. The van der Waals surface area contributed by atoms with Gasteiger partial charge < -0.3 is 10.1 Å². The molecule has 0 spiro atoms. The highest BCUT2D eigenvalue weighted by Gasteiger charge is 2.18. The van der Waals surface area contributed by atoms with E-state index in [0.29, 0.717) is 6.04 Å². The minimum absolute atomic E-state index is 0.207. The van der Waals surface area contributed by atoms with Gasteiger partial charge in [-0.2, -0.15) is 0 Å². The standard InChI is InChI=1S/C10H17NOS/c1-7(12-4)10(11-3)9-5-6-13-8(9)2/h5-7,10-11H,1-4H3. The summed E-state index contributed by atoms with van der Waals surface area (Å²) in [5.74, 6) is 0. The van der Waals surface area contributed by atoms with E-state index in [1.54, 1.807) is 18.4 Å². The van der Waals surface area contributed by atoms with Gasteiger partial charge in [0.15, 0.2) is 0 Å². The summed E-state index contributed by atoms with van der Waals surface area (Å²) in [5.41, 5.74) is 1.35. The Morgan fingerprint density at radius 3 is 2.62 bits per heavy atom. The second kappa shape index (κ2) is 4.74. The van der Waals surface area contributed by atoms with Crippen molar-refractivity contribution in [2.24, 2.45) is 0 Å². The molecule has 1 aromatic heterocycles. The van der Waals surface area contributed by atoms with Crippen molar-refractivity contribution in [3.8, 4) is 0 Å². The van der Waals surface area contributed by atoms with Gasteiger partial charge in [-0.3, -0.25) is 0 Å². The van der Waals surface area contributed by atoms with Gasteiger partial charge in [-0.05, 0) is 37.9 Å². The molecule has 0 amide bonds. The number of hydrogen-bond donors (Lipinski definition) is 1. The van der Waals surface area contributed by atoms with Gasteiger partial charge in [-0.1, -0.05) is 0 Å². The van der Waals surface area contributed by atoms with Crippen molar-refractivity contribution >= 4 is 11.3 Å². The van der Waals surface area contributed by atoms with Gasteiger partial charge in [0.25, 0.3) is 0 Å². The summed E-state index contributed by atoms with van der Waals surface area (Å²) in [6.07, 6.45) is 0.207. The molecule has 1 N–H and O–H groups in total. The number of likely N-dealkylation sites (N-methyl/N-ethyl adjacent to an activating group) is 1. The lowest BCUT2D eigenvalue weighted by molar-refractivity contribution is 0.0856. The number of nitrogens with one attached hydrogen (secondary N) is 1. The Kier molecular flexibility index (Phi) is 3.90. The van der Waals surface area contributed by atoms with Crippen LogP contribution in [0.25, 0.3) is 0 Å². The van der Waals surface area contributed by atoms with Crippen LogP contribution in [0.1, 0.15) is 23.4 Å². The molecule has 1 heterocycles. The van der Waals surface area contributed by atoms with E-state index in [0.717, 1.165) is 0 Å². The quantitative estimate of drug-likeness (QED) is 0.803. The highest BCUT2D eigenvalue weighted by atomic mass is 32.1. The van der Waals surface area contributed by atoms with Crippen LogP contribution in [-0.2, 0) is 4.74 Å². The molecule has 0 fully saturated rings. The van der Waals surface area contributed by atoms with Crippen LogP contribution in [0, 0.1) is 6.92 Å². The lowest BCUT2D eigenvalue weighted by atomic mass is 10.0. The third kappa shape index (κ3) is 2.30. The van der Waals surface area contributed by atoms with Gasteiger partial charge in [0.1, 0.15) is 0 Å². The predicted molar refractivity (Wildman–Crippen MR) is 57.3 cm³/mol. The third-order valence-electron chi connectivity index (χ3n) is 2.39. The van der Waals surface area contributed by atoms with E-state index in [4.69, 9.17) is 4.74 Å². The summed E-state index contributed by atoms with van der Waals surface area (Å²) in [6, 6.07) is 2.47.